The number of rotatable bonds is 6. The predicted molar refractivity (Wildman–Crippen MR) is 86.0 cm³/mol. The highest BCUT2D eigenvalue weighted by molar-refractivity contribution is 6.32. The number of ether oxygens (including phenoxy) is 2. The Hall–Kier alpha value is -1.79. The molecule has 23 heavy (non-hydrogen) atoms. The van der Waals surface area contributed by atoms with Crippen LogP contribution in [0, 0.1) is 5.92 Å². The van der Waals surface area contributed by atoms with Crippen LogP contribution in [0.5, 0.6) is 5.75 Å². The van der Waals surface area contributed by atoms with Crippen molar-refractivity contribution in [3.05, 3.63) is 23.2 Å². The van der Waals surface area contributed by atoms with Crippen molar-refractivity contribution in [3.8, 4) is 5.75 Å². The molecule has 1 aliphatic rings. The molecular weight excluding hydrogens is 322 g/mol. The lowest BCUT2D eigenvalue weighted by atomic mass is 9.99. The molecule has 2 N–H and O–H groups in total. The SMILES string of the molecule is CC(C)COc1ccc(NC(=O)C2(C(=O)O)CCCO2)cc1Cl. The van der Waals surface area contributed by atoms with Crippen LogP contribution in [0.15, 0.2) is 18.2 Å². The van der Waals surface area contributed by atoms with Crippen LogP contribution in [0.25, 0.3) is 0 Å². The Kier molecular flexibility index (Phi) is 5.49. The minimum atomic E-state index is -1.82. The number of halogens is 1. The first-order valence-electron chi connectivity index (χ1n) is 7.46. The first-order valence-corrected chi connectivity index (χ1v) is 7.84. The molecular formula is C16H20ClNO5. The fourth-order valence-electron chi connectivity index (χ4n) is 2.27. The van der Waals surface area contributed by atoms with Crippen molar-refractivity contribution in [2.75, 3.05) is 18.5 Å². The van der Waals surface area contributed by atoms with Crippen LogP contribution >= 0.6 is 11.6 Å². The second-order valence-corrected chi connectivity index (χ2v) is 6.30. The minimum absolute atomic E-state index is 0.150. The fourth-order valence-corrected chi connectivity index (χ4v) is 2.50. The largest absolute Gasteiger partial charge is 0.492 e. The van der Waals surface area contributed by atoms with Crippen LogP contribution in [0.3, 0.4) is 0 Å². The van der Waals surface area contributed by atoms with E-state index < -0.39 is 17.5 Å². The van der Waals surface area contributed by atoms with Gasteiger partial charge in [0.25, 0.3) is 5.91 Å². The molecule has 1 atom stereocenters. The van der Waals surface area contributed by atoms with Crippen molar-refractivity contribution in [2.45, 2.75) is 32.3 Å². The van der Waals surface area contributed by atoms with Gasteiger partial charge in [0, 0.05) is 12.3 Å². The number of aliphatic carboxylic acids is 1. The molecule has 1 amide bonds. The fraction of sp³-hybridized carbons (Fsp3) is 0.500. The van der Waals surface area contributed by atoms with E-state index in [1.54, 1.807) is 12.1 Å². The van der Waals surface area contributed by atoms with Gasteiger partial charge in [0.2, 0.25) is 5.60 Å². The highest BCUT2D eigenvalue weighted by Gasteiger charge is 2.50. The number of carboxylic acids is 1. The Labute approximate surface area is 139 Å². The summed E-state index contributed by atoms with van der Waals surface area (Å²) in [7, 11) is 0. The van der Waals surface area contributed by atoms with Gasteiger partial charge in [0.05, 0.1) is 11.6 Å². The Morgan fingerprint density at radius 3 is 2.74 bits per heavy atom. The Bertz CT molecular complexity index is 596. The predicted octanol–water partition coefficient (Wildman–Crippen LogP) is 2.95. The molecule has 0 saturated carbocycles. The summed E-state index contributed by atoms with van der Waals surface area (Å²) >= 11 is 6.13. The van der Waals surface area contributed by atoms with E-state index in [2.05, 4.69) is 5.32 Å². The lowest BCUT2D eigenvalue weighted by molar-refractivity contribution is -0.165. The van der Waals surface area contributed by atoms with Crippen molar-refractivity contribution in [1.82, 2.24) is 0 Å². The summed E-state index contributed by atoms with van der Waals surface area (Å²) < 4.78 is 10.7. The number of hydrogen-bond acceptors (Lipinski definition) is 4. The normalized spacial score (nSPS) is 20.5. The van der Waals surface area contributed by atoms with E-state index >= 15 is 0 Å². The summed E-state index contributed by atoms with van der Waals surface area (Å²) in [6.07, 6.45) is 0.680. The molecule has 1 fully saturated rings. The highest BCUT2D eigenvalue weighted by atomic mass is 35.5. The molecule has 0 radical (unpaired) electrons. The topological polar surface area (TPSA) is 84.9 Å². The second kappa shape index (κ2) is 7.19. The van der Waals surface area contributed by atoms with Crippen molar-refractivity contribution in [3.63, 3.8) is 0 Å². The number of anilines is 1. The van der Waals surface area contributed by atoms with E-state index in [4.69, 9.17) is 21.1 Å². The van der Waals surface area contributed by atoms with E-state index in [1.165, 1.54) is 6.07 Å². The van der Waals surface area contributed by atoms with Crippen molar-refractivity contribution < 1.29 is 24.2 Å². The minimum Gasteiger partial charge on any atom is -0.492 e. The summed E-state index contributed by atoms with van der Waals surface area (Å²) in [5, 5.41) is 12.2. The van der Waals surface area contributed by atoms with E-state index in [0.717, 1.165) is 0 Å². The quantitative estimate of drug-likeness (QED) is 0.777. The van der Waals surface area contributed by atoms with Gasteiger partial charge in [-0.2, -0.15) is 0 Å². The molecule has 1 heterocycles. The van der Waals surface area contributed by atoms with E-state index in [-0.39, 0.29) is 13.0 Å². The summed E-state index contributed by atoms with van der Waals surface area (Å²) in [6.45, 7) is 4.83. The van der Waals surface area contributed by atoms with Gasteiger partial charge in [-0.05, 0) is 37.0 Å². The first kappa shape index (κ1) is 17.6. The van der Waals surface area contributed by atoms with Crippen molar-refractivity contribution in [2.24, 2.45) is 5.92 Å². The third kappa shape index (κ3) is 3.95. The van der Waals surface area contributed by atoms with Gasteiger partial charge in [0.15, 0.2) is 0 Å². The molecule has 0 spiro atoms. The average Bonchev–Trinajstić information content (AvgIpc) is 2.97. The van der Waals surface area contributed by atoms with Crippen LogP contribution in [-0.4, -0.2) is 35.8 Å². The average molecular weight is 342 g/mol. The molecule has 0 aromatic heterocycles. The lowest BCUT2D eigenvalue weighted by Gasteiger charge is -2.22. The van der Waals surface area contributed by atoms with Gasteiger partial charge in [0.1, 0.15) is 5.75 Å². The number of nitrogens with one attached hydrogen (secondary N) is 1. The van der Waals surface area contributed by atoms with Gasteiger partial charge in [-0.25, -0.2) is 4.79 Å². The molecule has 1 aliphatic heterocycles. The number of benzene rings is 1. The van der Waals surface area contributed by atoms with Gasteiger partial charge in [-0.3, -0.25) is 4.79 Å². The van der Waals surface area contributed by atoms with E-state index in [9.17, 15) is 14.7 Å². The van der Waals surface area contributed by atoms with Crippen molar-refractivity contribution >= 4 is 29.2 Å². The first-order chi connectivity index (χ1) is 10.8. The van der Waals surface area contributed by atoms with E-state index in [1.807, 2.05) is 13.8 Å². The lowest BCUT2D eigenvalue weighted by Crippen LogP contribution is -2.49. The summed E-state index contributed by atoms with van der Waals surface area (Å²) in [5.41, 5.74) is -1.42. The summed E-state index contributed by atoms with van der Waals surface area (Å²) in [4.78, 5) is 23.7. The second-order valence-electron chi connectivity index (χ2n) is 5.89. The Morgan fingerprint density at radius 2 is 2.22 bits per heavy atom. The molecule has 126 valence electrons. The molecule has 2 rings (SSSR count). The maximum atomic E-state index is 12.3. The van der Waals surface area contributed by atoms with Gasteiger partial charge < -0.3 is 19.9 Å². The molecule has 1 aromatic carbocycles. The number of carbonyl (C=O) groups is 2. The van der Waals surface area contributed by atoms with E-state index in [0.29, 0.717) is 35.4 Å². The third-order valence-corrected chi connectivity index (χ3v) is 3.79. The smallest absolute Gasteiger partial charge is 0.345 e. The molecule has 1 aromatic rings. The van der Waals surface area contributed by atoms with Crippen LogP contribution < -0.4 is 10.1 Å². The molecule has 7 heteroatoms. The third-order valence-electron chi connectivity index (χ3n) is 3.50. The molecule has 0 bridgehead atoms. The number of carbonyl (C=O) groups excluding carboxylic acids is 1. The molecule has 1 unspecified atom stereocenters. The van der Waals surface area contributed by atoms with Gasteiger partial charge in [-0.1, -0.05) is 25.4 Å². The van der Waals surface area contributed by atoms with Gasteiger partial charge >= 0.3 is 5.97 Å². The monoisotopic (exact) mass is 341 g/mol. The standard InChI is InChI=1S/C16H20ClNO5/c1-10(2)9-22-13-5-4-11(8-12(13)17)18-14(19)16(15(20)21)6-3-7-23-16/h4-5,8,10H,3,6-7,9H2,1-2H3,(H,18,19)(H,20,21). The number of carboxylic acid groups (broad SMARTS) is 1. The van der Waals surface area contributed by atoms with Crippen LogP contribution in [0.4, 0.5) is 5.69 Å². The summed E-state index contributed by atoms with van der Waals surface area (Å²) in [5.74, 6) is -1.10. The Balaban J connectivity index is 2.09. The zero-order chi connectivity index (χ0) is 17.0. The maximum Gasteiger partial charge on any atom is 0.345 e. The molecule has 0 aliphatic carbocycles. The van der Waals surface area contributed by atoms with Crippen LogP contribution in [0.1, 0.15) is 26.7 Å². The van der Waals surface area contributed by atoms with Crippen LogP contribution in [-0.2, 0) is 14.3 Å². The van der Waals surface area contributed by atoms with Crippen molar-refractivity contribution in [1.29, 1.82) is 0 Å². The number of hydrogen-bond donors (Lipinski definition) is 2. The zero-order valence-corrected chi connectivity index (χ0v) is 13.9. The Morgan fingerprint density at radius 1 is 1.48 bits per heavy atom. The number of amides is 1. The van der Waals surface area contributed by atoms with Crippen LogP contribution in [0.2, 0.25) is 5.02 Å². The molecule has 1 saturated heterocycles. The maximum absolute atomic E-state index is 12.3. The zero-order valence-electron chi connectivity index (χ0n) is 13.1. The highest BCUT2D eigenvalue weighted by Crippen LogP contribution is 2.31. The summed E-state index contributed by atoms with van der Waals surface area (Å²) in [6, 6.07) is 4.78. The molecule has 6 nitrogen and oxygen atoms in total. The van der Waals surface area contributed by atoms with Gasteiger partial charge in [-0.15, -0.1) is 0 Å².